The summed E-state index contributed by atoms with van der Waals surface area (Å²) in [4.78, 5) is 3.77. The molecular formula is C50H30N4. The average molecular weight is 687 g/mol. The van der Waals surface area contributed by atoms with Crippen LogP contribution in [-0.4, -0.2) is 9.13 Å². The molecule has 0 saturated heterocycles. The molecule has 4 heteroatoms. The third-order valence-corrected chi connectivity index (χ3v) is 10.6. The lowest BCUT2D eigenvalue weighted by Crippen LogP contribution is -2.04. The molecule has 0 saturated carbocycles. The fourth-order valence-electron chi connectivity index (χ4n) is 8.28. The lowest BCUT2D eigenvalue weighted by atomic mass is 9.89. The van der Waals surface area contributed by atoms with Gasteiger partial charge in [-0.15, -0.1) is 0 Å². The maximum Gasteiger partial charge on any atom is 0.188 e. The minimum Gasteiger partial charge on any atom is -0.309 e. The van der Waals surface area contributed by atoms with E-state index in [2.05, 4.69) is 166 Å². The normalized spacial score (nSPS) is 11.3. The molecule has 0 unspecified atom stereocenters. The van der Waals surface area contributed by atoms with E-state index in [0.717, 1.165) is 77.6 Å². The molecule has 10 aromatic rings. The van der Waals surface area contributed by atoms with Gasteiger partial charge < -0.3 is 9.13 Å². The summed E-state index contributed by atoms with van der Waals surface area (Å²) in [5.41, 5.74) is 14.1. The Morgan fingerprint density at radius 1 is 0.444 bits per heavy atom. The van der Waals surface area contributed by atoms with Gasteiger partial charge in [-0.25, -0.2) is 4.85 Å². The quantitative estimate of drug-likeness (QED) is 0.166. The zero-order valence-electron chi connectivity index (χ0n) is 29.1. The number of nitriles is 1. The molecule has 0 atom stereocenters. The van der Waals surface area contributed by atoms with Crippen LogP contribution in [0.4, 0.5) is 5.69 Å². The van der Waals surface area contributed by atoms with Crippen molar-refractivity contribution >= 4 is 49.3 Å². The molecule has 0 aliphatic carbocycles. The first-order chi connectivity index (χ1) is 26.7. The third kappa shape index (κ3) is 4.76. The Kier molecular flexibility index (Phi) is 7.22. The number of fused-ring (bicyclic) bond motifs is 6. The summed E-state index contributed by atoms with van der Waals surface area (Å²) < 4.78 is 4.76. The Hall–Kier alpha value is -7.66. The number of benzene rings is 8. The molecule has 0 fully saturated rings. The van der Waals surface area contributed by atoms with Gasteiger partial charge in [0.15, 0.2) is 5.69 Å². The van der Waals surface area contributed by atoms with E-state index < -0.39 is 0 Å². The first-order valence-electron chi connectivity index (χ1n) is 18.0. The van der Waals surface area contributed by atoms with E-state index >= 15 is 0 Å². The fourth-order valence-corrected chi connectivity index (χ4v) is 8.28. The minimum absolute atomic E-state index is 0.561. The number of nitrogens with zero attached hydrogens (tertiary/aromatic N) is 4. The maximum atomic E-state index is 9.93. The van der Waals surface area contributed by atoms with Crippen molar-refractivity contribution < 1.29 is 0 Å². The van der Waals surface area contributed by atoms with Gasteiger partial charge in [0.25, 0.3) is 0 Å². The second kappa shape index (κ2) is 12.5. The molecule has 2 aromatic heterocycles. The Labute approximate surface area is 312 Å². The van der Waals surface area contributed by atoms with Gasteiger partial charge in [-0.05, 0) is 70.6 Å². The van der Waals surface area contributed by atoms with E-state index in [-0.39, 0.29) is 0 Å². The molecule has 0 aliphatic rings. The van der Waals surface area contributed by atoms with Gasteiger partial charge in [-0.2, -0.15) is 5.26 Å². The highest BCUT2D eigenvalue weighted by Crippen LogP contribution is 2.47. The van der Waals surface area contributed by atoms with Gasteiger partial charge >= 0.3 is 0 Å². The zero-order valence-corrected chi connectivity index (χ0v) is 29.1. The van der Waals surface area contributed by atoms with E-state index in [1.54, 1.807) is 0 Å². The van der Waals surface area contributed by atoms with Crippen LogP contribution in [0.2, 0.25) is 0 Å². The average Bonchev–Trinajstić information content (AvgIpc) is 3.75. The van der Waals surface area contributed by atoms with E-state index in [1.165, 1.54) is 10.8 Å². The largest absolute Gasteiger partial charge is 0.309 e. The van der Waals surface area contributed by atoms with Gasteiger partial charge in [0.2, 0.25) is 0 Å². The van der Waals surface area contributed by atoms with Crippen LogP contribution in [0.5, 0.6) is 0 Å². The second-order valence-electron chi connectivity index (χ2n) is 13.5. The van der Waals surface area contributed by atoms with Gasteiger partial charge in [0, 0.05) is 32.8 Å². The summed E-state index contributed by atoms with van der Waals surface area (Å²) >= 11 is 0. The highest BCUT2D eigenvalue weighted by atomic mass is 15.0. The molecule has 0 amide bonds. The van der Waals surface area contributed by atoms with Crippen LogP contribution < -0.4 is 0 Å². The summed E-state index contributed by atoms with van der Waals surface area (Å²) in [5.74, 6) is 0. The molecule has 4 nitrogen and oxygen atoms in total. The number of hydrogen-bond acceptors (Lipinski definition) is 1. The van der Waals surface area contributed by atoms with Crippen LogP contribution in [0, 0.1) is 17.9 Å². The van der Waals surface area contributed by atoms with E-state index in [4.69, 9.17) is 6.57 Å². The van der Waals surface area contributed by atoms with Crippen molar-refractivity contribution in [3.8, 4) is 50.8 Å². The molecule has 0 N–H and O–H groups in total. The molecule has 8 aromatic carbocycles. The van der Waals surface area contributed by atoms with Gasteiger partial charge in [-0.1, -0.05) is 133 Å². The van der Waals surface area contributed by atoms with Crippen molar-refractivity contribution in [2.45, 2.75) is 0 Å². The number of para-hydroxylation sites is 3. The Morgan fingerprint density at radius 3 is 1.65 bits per heavy atom. The van der Waals surface area contributed by atoms with Gasteiger partial charge in [-0.3, -0.25) is 0 Å². The first kappa shape index (κ1) is 31.1. The predicted molar refractivity (Wildman–Crippen MR) is 222 cm³/mol. The SMILES string of the molecule is [C-]#[N+]c1ccc2c(c1)c1cc(C#N)ccc1n2-c1cccc(-c2ccccc2)c1-c1cccc(-c2ccccc2)c1-n1c2ccccc2c2ccccc21. The van der Waals surface area contributed by atoms with Crippen LogP contribution >= 0.6 is 0 Å². The predicted octanol–water partition coefficient (Wildman–Crippen LogP) is 13.3. The highest BCUT2D eigenvalue weighted by Gasteiger charge is 2.25. The van der Waals surface area contributed by atoms with E-state index in [1.807, 2.05) is 36.4 Å². The Bertz CT molecular complexity index is 3050. The number of aromatic nitrogens is 2. The summed E-state index contributed by atoms with van der Waals surface area (Å²) in [6.45, 7) is 7.81. The van der Waals surface area contributed by atoms with Crippen LogP contribution in [0.15, 0.2) is 182 Å². The lowest BCUT2D eigenvalue weighted by Gasteiger charge is -2.24. The molecule has 10 rings (SSSR count). The molecule has 2 heterocycles. The summed E-state index contributed by atoms with van der Waals surface area (Å²) in [6, 6.07) is 65.9. The molecule has 54 heavy (non-hydrogen) atoms. The third-order valence-electron chi connectivity index (χ3n) is 10.6. The van der Waals surface area contributed by atoms with Crippen LogP contribution in [0.25, 0.3) is 93.2 Å². The smallest absolute Gasteiger partial charge is 0.188 e. The van der Waals surface area contributed by atoms with Crippen molar-refractivity contribution in [3.05, 3.63) is 199 Å². The lowest BCUT2D eigenvalue weighted by molar-refractivity contribution is 1.16. The molecular weight excluding hydrogens is 657 g/mol. The zero-order chi connectivity index (χ0) is 36.2. The monoisotopic (exact) mass is 686 g/mol. The summed E-state index contributed by atoms with van der Waals surface area (Å²) in [6.07, 6.45) is 0. The highest BCUT2D eigenvalue weighted by molar-refractivity contribution is 6.13. The van der Waals surface area contributed by atoms with E-state index in [9.17, 15) is 5.26 Å². The molecule has 0 bridgehead atoms. The van der Waals surface area contributed by atoms with E-state index in [0.29, 0.717) is 11.3 Å². The first-order valence-corrected chi connectivity index (χ1v) is 18.0. The topological polar surface area (TPSA) is 38.0 Å². The van der Waals surface area contributed by atoms with Crippen LogP contribution in [-0.2, 0) is 0 Å². The fraction of sp³-hybridized carbons (Fsp3) is 0. The van der Waals surface area contributed by atoms with Crippen molar-refractivity contribution in [3.63, 3.8) is 0 Å². The van der Waals surface area contributed by atoms with Gasteiger partial charge in [0.05, 0.1) is 51.6 Å². The molecule has 0 aliphatic heterocycles. The van der Waals surface area contributed by atoms with Gasteiger partial charge in [0.1, 0.15) is 0 Å². The number of rotatable bonds is 5. The van der Waals surface area contributed by atoms with Crippen molar-refractivity contribution in [2.75, 3.05) is 0 Å². The summed E-state index contributed by atoms with van der Waals surface area (Å²) in [7, 11) is 0. The van der Waals surface area contributed by atoms with Crippen LogP contribution in [0.1, 0.15) is 5.56 Å². The maximum absolute atomic E-state index is 9.93. The van der Waals surface area contributed by atoms with Crippen molar-refractivity contribution in [1.82, 2.24) is 9.13 Å². The molecule has 250 valence electrons. The number of hydrogen-bond donors (Lipinski definition) is 0. The van der Waals surface area contributed by atoms with Crippen LogP contribution in [0.3, 0.4) is 0 Å². The van der Waals surface area contributed by atoms with Crippen molar-refractivity contribution in [2.24, 2.45) is 0 Å². The molecule has 0 spiro atoms. The second-order valence-corrected chi connectivity index (χ2v) is 13.5. The minimum atomic E-state index is 0.561. The molecule has 0 radical (unpaired) electrons. The Balaban J connectivity index is 1.41. The summed E-state index contributed by atoms with van der Waals surface area (Å²) in [5, 5.41) is 14.2. The van der Waals surface area contributed by atoms with Crippen molar-refractivity contribution in [1.29, 1.82) is 5.26 Å². The standard InChI is InChI=1S/C50H30N4/c1-52-36-27-29-47-43(31-36)42-30-33(32-51)26-28-46(42)53(47)48-25-13-20-37(34-14-4-2-5-15-34)49(48)41-22-12-21-38(35-16-6-3-7-17-35)50(41)54-44-23-10-8-18-39(44)40-19-9-11-24-45(40)54/h2-31H. The Morgan fingerprint density at radius 2 is 0.981 bits per heavy atom.